The van der Waals surface area contributed by atoms with Gasteiger partial charge >= 0.3 is 0 Å². The van der Waals surface area contributed by atoms with Crippen LogP contribution in [0.4, 0.5) is 17.1 Å². The fourth-order valence-electron chi connectivity index (χ4n) is 7.86. The summed E-state index contributed by atoms with van der Waals surface area (Å²) in [6, 6.07) is 41.4. The molecule has 0 unspecified atom stereocenters. The number of fused-ring (bicyclic) bond motifs is 9. The number of anilines is 3. The third-order valence-electron chi connectivity index (χ3n) is 9.92. The molecule has 0 bridgehead atoms. The van der Waals surface area contributed by atoms with Gasteiger partial charge in [-0.15, -0.1) is 0 Å². The molecule has 2 aromatic heterocycles. The van der Waals surface area contributed by atoms with E-state index in [1.54, 1.807) is 6.33 Å². The molecular formula is C41H27N3O. The van der Waals surface area contributed by atoms with Crippen molar-refractivity contribution < 1.29 is 4.42 Å². The molecule has 212 valence electrons. The highest BCUT2D eigenvalue weighted by atomic mass is 16.3. The van der Waals surface area contributed by atoms with Gasteiger partial charge in [-0.05, 0) is 57.5 Å². The summed E-state index contributed by atoms with van der Waals surface area (Å²) in [4.78, 5) is 11.7. The maximum Gasteiger partial charge on any atom is 0.159 e. The predicted molar refractivity (Wildman–Crippen MR) is 183 cm³/mol. The number of para-hydroxylation sites is 1. The Hall–Kier alpha value is -5.74. The Labute approximate surface area is 260 Å². The second-order valence-electron chi connectivity index (χ2n) is 12.6. The molecule has 8 aromatic rings. The minimum atomic E-state index is -0.0942. The Kier molecular flexibility index (Phi) is 4.76. The Morgan fingerprint density at radius 2 is 1.42 bits per heavy atom. The molecule has 0 fully saturated rings. The zero-order valence-electron chi connectivity index (χ0n) is 24.9. The van der Waals surface area contributed by atoms with Crippen molar-refractivity contribution in [1.82, 2.24) is 9.97 Å². The smallest absolute Gasteiger partial charge is 0.159 e. The first-order valence-electron chi connectivity index (χ1n) is 15.4. The van der Waals surface area contributed by atoms with Gasteiger partial charge in [0.05, 0.1) is 29.0 Å². The topological polar surface area (TPSA) is 42.2 Å². The molecule has 0 amide bonds. The molecular weight excluding hydrogens is 550 g/mol. The Morgan fingerprint density at radius 3 is 2.33 bits per heavy atom. The summed E-state index contributed by atoms with van der Waals surface area (Å²) in [6.45, 7) is 4.62. The van der Waals surface area contributed by atoms with E-state index in [1.807, 2.05) is 6.20 Å². The highest BCUT2D eigenvalue weighted by molar-refractivity contribution is 6.19. The summed E-state index contributed by atoms with van der Waals surface area (Å²) in [5.41, 5.74) is 14.2. The van der Waals surface area contributed by atoms with E-state index in [0.29, 0.717) is 0 Å². The highest BCUT2D eigenvalue weighted by Gasteiger charge is 2.38. The molecule has 0 saturated carbocycles. The van der Waals surface area contributed by atoms with Gasteiger partial charge in [-0.1, -0.05) is 105 Å². The zero-order chi connectivity index (χ0) is 29.9. The van der Waals surface area contributed by atoms with Crippen LogP contribution in [-0.2, 0) is 5.41 Å². The average molecular weight is 578 g/mol. The van der Waals surface area contributed by atoms with Crippen LogP contribution in [0.3, 0.4) is 0 Å². The largest absolute Gasteiger partial charge is 0.453 e. The number of nitrogens with zero attached hydrogens (tertiary/aromatic N) is 3. The van der Waals surface area contributed by atoms with Crippen LogP contribution in [0.1, 0.15) is 25.0 Å². The predicted octanol–water partition coefficient (Wildman–Crippen LogP) is 11.0. The molecule has 0 spiro atoms. The van der Waals surface area contributed by atoms with Crippen molar-refractivity contribution in [3.63, 3.8) is 0 Å². The van der Waals surface area contributed by atoms with Crippen molar-refractivity contribution in [2.45, 2.75) is 19.3 Å². The zero-order valence-corrected chi connectivity index (χ0v) is 24.9. The maximum atomic E-state index is 7.02. The number of furan rings is 1. The molecule has 2 aliphatic rings. The number of aromatic nitrogens is 2. The van der Waals surface area contributed by atoms with E-state index in [-0.39, 0.29) is 5.41 Å². The lowest BCUT2D eigenvalue weighted by atomic mass is 9.82. The normalized spacial score (nSPS) is 14.1. The molecule has 1 aliphatic heterocycles. The van der Waals surface area contributed by atoms with Crippen molar-refractivity contribution in [2.75, 3.05) is 4.90 Å². The van der Waals surface area contributed by atoms with Gasteiger partial charge in [-0.25, -0.2) is 9.97 Å². The van der Waals surface area contributed by atoms with E-state index in [2.05, 4.69) is 139 Å². The van der Waals surface area contributed by atoms with Crippen LogP contribution >= 0.6 is 0 Å². The van der Waals surface area contributed by atoms with E-state index in [4.69, 9.17) is 9.40 Å². The second kappa shape index (κ2) is 8.67. The van der Waals surface area contributed by atoms with Crippen LogP contribution in [0.2, 0.25) is 0 Å². The highest BCUT2D eigenvalue weighted by Crippen LogP contribution is 2.55. The molecule has 0 N–H and O–H groups in total. The summed E-state index contributed by atoms with van der Waals surface area (Å²) in [7, 11) is 0. The third kappa shape index (κ3) is 3.21. The quantitative estimate of drug-likeness (QED) is 0.205. The lowest BCUT2D eigenvalue weighted by molar-refractivity contribution is 0.653. The molecule has 4 heteroatoms. The van der Waals surface area contributed by atoms with Gasteiger partial charge in [0, 0.05) is 32.7 Å². The Balaban J connectivity index is 1.26. The summed E-state index contributed by atoms with van der Waals surface area (Å²) in [5, 5.41) is 4.58. The van der Waals surface area contributed by atoms with Crippen molar-refractivity contribution in [3.05, 3.63) is 139 Å². The monoisotopic (exact) mass is 577 g/mol. The minimum absolute atomic E-state index is 0.0942. The summed E-state index contributed by atoms with van der Waals surface area (Å²) in [5.74, 6) is 0. The molecule has 1 aliphatic carbocycles. The van der Waals surface area contributed by atoms with Crippen molar-refractivity contribution in [1.29, 1.82) is 0 Å². The maximum absolute atomic E-state index is 7.02. The molecule has 45 heavy (non-hydrogen) atoms. The minimum Gasteiger partial charge on any atom is -0.453 e. The molecule has 10 rings (SSSR count). The van der Waals surface area contributed by atoms with Crippen LogP contribution in [-0.4, -0.2) is 9.97 Å². The number of hydrogen-bond donors (Lipinski definition) is 0. The van der Waals surface area contributed by atoms with Gasteiger partial charge in [0.15, 0.2) is 5.58 Å². The van der Waals surface area contributed by atoms with Crippen LogP contribution in [0, 0.1) is 0 Å². The summed E-state index contributed by atoms with van der Waals surface area (Å²) >= 11 is 0. The lowest BCUT2D eigenvalue weighted by Gasteiger charge is -2.32. The van der Waals surface area contributed by atoms with E-state index >= 15 is 0 Å². The van der Waals surface area contributed by atoms with E-state index < -0.39 is 0 Å². The molecule has 0 radical (unpaired) electrons. The van der Waals surface area contributed by atoms with Gasteiger partial charge in [-0.3, -0.25) is 0 Å². The number of benzene rings is 6. The van der Waals surface area contributed by atoms with Crippen molar-refractivity contribution in [3.8, 4) is 33.5 Å². The Morgan fingerprint density at radius 1 is 0.622 bits per heavy atom. The van der Waals surface area contributed by atoms with E-state index in [1.165, 1.54) is 44.2 Å². The average Bonchev–Trinajstić information content (AvgIpc) is 3.58. The second-order valence-corrected chi connectivity index (χ2v) is 12.6. The summed E-state index contributed by atoms with van der Waals surface area (Å²) in [6.07, 6.45) is 3.58. The molecule has 4 nitrogen and oxygen atoms in total. The van der Waals surface area contributed by atoms with Gasteiger partial charge in [0.25, 0.3) is 0 Å². The lowest BCUT2D eigenvalue weighted by Crippen LogP contribution is -2.16. The van der Waals surface area contributed by atoms with Gasteiger partial charge in [0.2, 0.25) is 0 Å². The molecule has 3 heterocycles. The van der Waals surface area contributed by atoms with E-state index in [9.17, 15) is 0 Å². The first-order valence-corrected chi connectivity index (χ1v) is 15.4. The standard InChI is InChI=1S/C41H27N3O/c1-41(2)31-15-7-6-13-29(31)37-32(41)19-18-28-27-14-9-17-34(39(27)45-40(28)37)44-33-16-8-12-25-20-26(24-10-4-3-5-11-24)21-30(36(25)33)38-35(44)22-42-23-43-38/h3-23H,1-2H3. The van der Waals surface area contributed by atoms with Gasteiger partial charge < -0.3 is 9.32 Å². The van der Waals surface area contributed by atoms with Crippen molar-refractivity contribution in [2.24, 2.45) is 0 Å². The molecule has 0 saturated heterocycles. The third-order valence-corrected chi connectivity index (χ3v) is 9.92. The first kappa shape index (κ1) is 24.7. The fourth-order valence-corrected chi connectivity index (χ4v) is 7.86. The first-order chi connectivity index (χ1) is 22.1. The fraction of sp³-hybridized carbons (Fsp3) is 0.0732. The SMILES string of the molecule is CC1(C)c2ccccc2-c2c1ccc1c2oc2c(N3c4cncnc4-c4cc(-c5ccccc5)cc5cccc3c45)cccc21. The number of rotatable bonds is 2. The van der Waals surface area contributed by atoms with Crippen molar-refractivity contribution >= 4 is 49.8 Å². The van der Waals surface area contributed by atoms with E-state index in [0.717, 1.165) is 50.3 Å². The Bertz CT molecular complexity index is 2530. The van der Waals surface area contributed by atoms with Crippen LogP contribution in [0.5, 0.6) is 0 Å². The van der Waals surface area contributed by atoms with Crippen LogP contribution in [0.15, 0.2) is 132 Å². The van der Waals surface area contributed by atoms with Crippen LogP contribution in [0.25, 0.3) is 66.2 Å². The van der Waals surface area contributed by atoms with Gasteiger partial charge in [0.1, 0.15) is 11.9 Å². The molecule has 6 aromatic carbocycles. The van der Waals surface area contributed by atoms with Crippen LogP contribution < -0.4 is 4.90 Å². The number of hydrogen-bond acceptors (Lipinski definition) is 4. The molecule has 0 atom stereocenters. The van der Waals surface area contributed by atoms with Gasteiger partial charge in [-0.2, -0.15) is 0 Å². The summed E-state index contributed by atoms with van der Waals surface area (Å²) < 4.78 is 7.02.